The van der Waals surface area contributed by atoms with Crippen LogP contribution in [0.1, 0.15) is 24.0 Å². The average Bonchev–Trinajstić information content (AvgIpc) is 2.55. The molecule has 1 aromatic carbocycles. The number of hydrogen-bond acceptors (Lipinski definition) is 1. The predicted octanol–water partition coefficient (Wildman–Crippen LogP) is 2.40. The minimum absolute atomic E-state index is 0.382. The molecule has 1 saturated carbocycles. The Bertz CT molecular complexity index is 407. The van der Waals surface area contributed by atoms with Crippen LogP contribution >= 0.6 is 0 Å². The quantitative estimate of drug-likeness (QED) is 0.617. The minimum Gasteiger partial charge on any atom is -0.385 e. The maximum Gasteiger partial charge on any atom is 0.0970 e. The van der Waals surface area contributed by atoms with Gasteiger partial charge in [0.1, 0.15) is 0 Å². The molecule has 0 aromatic heterocycles. The van der Waals surface area contributed by atoms with E-state index < -0.39 is 5.60 Å². The summed E-state index contributed by atoms with van der Waals surface area (Å²) in [4.78, 5) is 0. The second-order valence-electron chi connectivity index (χ2n) is 4.61. The van der Waals surface area contributed by atoms with Crippen molar-refractivity contribution in [3.05, 3.63) is 47.5 Å². The van der Waals surface area contributed by atoms with Gasteiger partial charge in [-0.1, -0.05) is 36.4 Å². The summed E-state index contributed by atoms with van der Waals surface area (Å²) >= 11 is 0. The summed E-state index contributed by atoms with van der Waals surface area (Å²) in [5.74, 6) is 0.382. The Labute approximate surface area is 84.1 Å². The normalized spacial score (nSPS) is 34.4. The third-order valence-corrected chi connectivity index (χ3v) is 3.68. The molecule has 14 heavy (non-hydrogen) atoms. The highest BCUT2D eigenvalue weighted by molar-refractivity contribution is 5.42. The van der Waals surface area contributed by atoms with Crippen LogP contribution in [-0.4, -0.2) is 5.11 Å². The highest BCUT2D eigenvalue weighted by atomic mass is 16.3. The van der Waals surface area contributed by atoms with Crippen molar-refractivity contribution in [1.82, 2.24) is 0 Å². The van der Waals surface area contributed by atoms with Crippen molar-refractivity contribution in [3.63, 3.8) is 0 Å². The molecule has 0 amide bonds. The first-order valence-electron chi connectivity index (χ1n) is 5.17. The molecule has 1 heteroatoms. The average molecular weight is 186 g/mol. The van der Waals surface area contributed by atoms with E-state index in [4.69, 9.17) is 0 Å². The Morgan fingerprint density at radius 1 is 1.29 bits per heavy atom. The van der Waals surface area contributed by atoms with Gasteiger partial charge in [0.15, 0.2) is 0 Å². The SMILES string of the molecule is C=C1C[C@H]2Cc3ccccc3[C@@]2(O)C1. The van der Waals surface area contributed by atoms with Crippen molar-refractivity contribution >= 4 is 0 Å². The first kappa shape index (κ1) is 8.25. The number of fused-ring (bicyclic) bond motifs is 3. The Balaban J connectivity index is 2.15. The zero-order chi connectivity index (χ0) is 9.76. The number of hydrogen-bond donors (Lipinski definition) is 1. The monoisotopic (exact) mass is 186 g/mol. The minimum atomic E-state index is -0.590. The Kier molecular flexibility index (Phi) is 1.46. The Morgan fingerprint density at radius 2 is 2.07 bits per heavy atom. The maximum absolute atomic E-state index is 10.6. The van der Waals surface area contributed by atoms with Gasteiger partial charge in [0, 0.05) is 6.42 Å². The van der Waals surface area contributed by atoms with E-state index >= 15 is 0 Å². The molecular formula is C13H14O. The summed E-state index contributed by atoms with van der Waals surface area (Å²) < 4.78 is 0. The van der Waals surface area contributed by atoms with Crippen molar-refractivity contribution in [2.75, 3.05) is 0 Å². The van der Waals surface area contributed by atoms with E-state index in [1.165, 1.54) is 11.1 Å². The predicted molar refractivity (Wildman–Crippen MR) is 55.9 cm³/mol. The topological polar surface area (TPSA) is 20.2 Å². The number of benzene rings is 1. The van der Waals surface area contributed by atoms with Gasteiger partial charge in [-0.05, 0) is 29.9 Å². The zero-order valence-corrected chi connectivity index (χ0v) is 8.16. The summed E-state index contributed by atoms with van der Waals surface area (Å²) in [6.45, 7) is 3.99. The van der Waals surface area contributed by atoms with Crippen LogP contribution in [0.2, 0.25) is 0 Å². The van der Waals surface area contributed by atoms with Gasteiger partial charge in [-0.3, -0.25) is 0 Å². The maximum atomic E-state index is 10.6. The molecule has 0 bridgehead atoms. The van der Waals surface area contributed by atoms with Gasteiger partial charge in [0.2, 0.25) is 0 Å². The van der Waals surface area contributed by atoms with E-state index in [9.17, 15) is 5.11 Å². The summed E-state index contributed by atoms with van der Waals surface area (Å²) in [6, 6.07) is 8.26. The van der Waals surface area contributed by atoms with Crippen LogP contribution in [0.25, 0.3) is 0 Å². The molecule has 0 radical (unpaired) electrons. The number of aliphatic hydroxyl groups is 1. The standard InChI is InChI=1S/C13H14O/c1-9-6-11-7-10-4-2-3-5-12(10)13(11,14)8-9/h2-5,11,14H,1,6-8H2/t11-,13+/m0/s1. The molecule has 1 aromatic rings. The van der Waals surface area contributed by atoms with Gasteiger partial charge in [-0.15, -0.1) is 0 Å². The highest BCUT2D eigenvalue weighted by Crippen LogP contribution is 2.52. The van der Waals surface area contributed by atoms with Gasteiger partial charge in [-0.25, -0.2) is 0 Å². The van der Waals surface area contributed by atoms with Crippen LogP contribution in [0.15, 0.2) is 36.4 Å². The third-order valence-electron chi connectivity index (χ3n) is 3.68. The van der Waals surface area contributed by atoms with Crippen molar-refractivity contribution in [1.29, 1.82) is 0 Å². The van der Waals surface area contributed by atoms with E-state index in [1.807, 2.05) is 6.07 Å². The lowest BCUT2D eigenvalue weighted by Crippen LogP contribution is -2.25. The fraction of sp³-hybridized carbons (Fsp3) is 0.385. The Morgan fingerprint density at radius 3 is 2.93 bits per heavy atom. The molecule has 2 atom stereocenters. The smallest absolute Gasteiger partial charge is 0.0970 e. The van der Waals surface area contributed by atoms with Gasteiger partial charge in [0.25, 0.3) is 0 Å². The van der Waals surface area contributed by atoms with Gasteiger partial charge in [0.05, 0.1) is 5.60 Å². The molecule has 0 saturated heterocycles. The summed E-state index contributed by atoms with van der Waals surface area (Å²) in [5, 5.41) is 10.6. The van der Waals surface area contributed by atoms with Crippen LogP contribution in [0.3, 0.4) is 0 Å². The van der Waals surface area contributed by atoms with E-state index in [0.29, 0.717) is 5.92 Å². The lowest BCUT2D eigenvalue weighted by atomic mass is 9.91. The molecule has 0 heterocycles. The van der Waals surface area contributed by atoms with E-state index in [2.05, 4.69) is 24.8 Å². The van der Waals surface area contributed by atoms with Crippen molar-refractivity contribution in [3.8, 4) is 0 Å². The molecule has 0 aliphatic heterocycles. The van der Waals surface area contributed by atoms with E-state index in [-0.39, 0.29) is 0 Å². The van der Waals surface area contributed by atoms with Crippen LogP contribution in [-0.2, 0) is 12.0 Å². The van der Waals surface area contributed by atoms with Crippen molar-refractivity contribution in [2.24, 2.45) is 5.92 Å². The molecule has 1 nitrogen and oxygen atoms in total. The molecule has 2 aliphatic carbocycles. The zero-order valence-electron chi connectivity index (χ0n) is 8.16. The van der Waals surface area contributed by atoms with Gasteiger partial charge >= 0.3 is 0 Å². The largest absolute Gasteiger partial charge is 0.385 e. The molecule has 1 N–H and O–H groups in total. The molecule has 0 spiro atoms. The second kappa shape index (κ2) is 2.48. The first-order valence-corrected chi connectivity index (χ1v) is 5.17. The fourth-order valence-electron chi connectivity index (χ4n) is 3.06. The second-order valence-corrected chi connectivity index (χ2v) is 4.61. The Hall–Kier alpha value is -1.08. The summed E-state index contributed by atoms with van der Waals surface area (Å²) in [6.07, 6.45) is 2.77. The van der Waals surface area contributed by atoms with Crippen LogP contribution in [0, 0.1) is 5.92 Å². The summed E-state index contributed by atoms with van der Waals surface area (Å²) in [7, 11) is 0. The molecular weight excluding hydrogens is 172 g/mol. The lowest BCUT2D eigenvalue weighted by molar-refractivity contribution is 0.0124. The van der Waals surface area contributed by atoms with Gasteiger partial charge in [-0.2, -0.15) is 0 Å². The third kappa shape index (κ3) is 0.881. The summed E-state index contributed by atoms with van der Waals surface area (Å²) in [5.41, 5.74) is 3.08. The van der Waals surface area contributed by atoms with Crippen LogP contribution in [0.5, 0.6) is 0 Å². The van der Waals surface area contributed by atoms with E-state index in [0.717, 1.165) is 24.8 Å². The number of rotatable bonds is 0. The lowest BCUT2D eigenvalue weighted by Gasteiger charge is -2.23. The highest BCUT2D eigenvalue weighted by Gasteiger charge is 2.49. The molecule has 1 fully saturated rings. The molecule has 2 aliphatic rings. The van der Waals surface area contributed by atoms with Gasteiger partial charge < -0.3 is 5.11 Å². The first-order chi connectivity index (χ1) is 6.70. The molecule has 3 rings (SSSR count). The van der Waals surface area contributed by atoms with E-state index in [1.54, 1.807) is 0 Å². The van der Waals surface area contributed by atoms with Crippen LogP contribution < -0.4 is 0 Å². The fourth-order valence-corrected chi connectivity index (χ4v) is 3.06. The van der Waals surface area contributed by atoms with Crippen LogP contribution in [0.4, 0.5) is 0 Å². The molecule has 72 valence electrons. The van der Waals surface area contributed by atoms with Crippen molar-refractivity contribution < 1.29 is 5.11 Å². The van der Waals surface area contributed by atoms with Crippen molar-refractivity contribution in [2.45, 2.75) is 24.9 Å². The molecule has 0 unspecified atom stereocenters.